The van der Waals surface area contributed by atoms with Crippen LogP contribution in [0.15, 0.2) is 11.4 Å². The van der Waals surface area contributed by atoms with Gasteiger partial charge in [-0.25, -0.2) is 0 Å². The van der Waals surface area contributed by atoms with E-state index in [0.29, 0.717) is 11.7 Å². The second-order valence-corrected chi connectivity index (χ2v) is 5.59. The summed E-state index contributed by atoms with van der Waals surface area (Å²) in [5.74, 6) is 2.83. The molecule has 1 saturated heterocycles. The van der Waals surface area contributed by atoms with Crippen molar-refractivity contribution in [3.63, 3.8) is 0 Å². The Kier molecular flexibility index (Phi) is 2.74. The molecule has 2 heterocycles. The second-order valence-electron chi connectivity index (χ2n) is 3.32. The van der Waals surface area contributed by atoms with E-state index in [2.05, 4.69) is 0 Å². The molecule has 13 heavy (non-hydrogen) atoms. The van der Waals surface area contributed by atoms with Gasteiger partial charge >= 0.3 is 0 Å². The molecule has 0 radical (unpaired) electrons. The SMILES string of the molecule is Cc1sccc1C(=O)C1CCSC1. The fourth-order valence-electron chi connectivity index (χ4n) is 1.60. The molecule has 1 aliphatic rings. The normalized spacial score (nSPS) is 22.1. The van der Waals surface area contributed by atoms with Crippen LogP contribution >= 0.6 is 23.1 Å². The minimum atomic E-state index is 0.290. The molecule has 1 atom stereocenters. The zero-order valence-corrected chi connectivity index (χ0v) is 9.21. The van der Waals surface area contributed by atoms with Crippen LogP contribution in [0, 0.1) is 12.8 Å². The Morgan fingerprint density at radius 1 is 1.62 bits per heavy atom. The molecule has 3 heteroatoms. The zero-order valence-electron chi connectivity index (χ0n) is 7.58. The maximum Gasteiger partial charge on any atom is 0.167 e. The van der Waals surface area contributed by atoms with Gasteiger partial charge in [0.15, 0.2) is 5.78 Å². The molecule has 0 bridgehead atoms. The zero-order chi connectivity index (χ0) is 9.26. The van der Waals surface area contributed by atoms with Crippen molar-refractivity contribution < 1.29 is 4.79 Å². The molecule has 1 aromatic heterocycles. The molecule has 1 unspecified atom stereocenters. The summed E-state index contributed by atoms with van der Waals surface area (Å²) < 4.78 is 0. The number of carbonyl (C=O) groups is 1. The first kappa shape index (κ1) is 9.28. The van der Waals surface area contributed by atoms with Crippen LogP contribution in [0.25, 0.3) is 0 Å². The van der Waals surface area contributed by atoms with Crippen molar-refractivity contribution in [2.24, 2.45) is 5.92 Å². The Balaban J connectivity index is 2.17. The molecule has 1 aromatic rings. The molecule has 70 valence electrons. The highest BCUT2D eigenvalue weighted by Gasteiger charge is 2.25. The predicted molar refractivity (Wildman–Crippen MR) is 58.8 cm³/mol. The lowest BCUT2D eigenvalue weighted by Crippen LogP contribution is -2.13. The maximum absolute atomic E-state index is 11.9. The van der Waals surface area contributed by atoms with Crippen molar-refractivity contribution in [1.82, 2.24) is 0 Å². The molecular weight excluding hydrogens is 200 g/mol. The van der Waals surface area contributed by atoms with Crippen LogP contribution in [0.2, 0.25) is 0 Å². The van der Waals surface area contributed by atoms with Crippen LogP contribution in [0.1, 0.15) is 21.7 Å². The fraction of sp³-hybridized carbons (Fsp3) is 0.500. The number of thioether (sulfide) groups is 1. The molecule has 1 aliphatic heterocycles. The van der Waals surface area contributed by atoms with Gasteiger partial charge in [-0.15, -0.1) is 11.3 Å². The summed E-state index contributed by atoms with van der Waals surface area (Å²) in [4.78, 5) is 13.1. The Morgan fingerprint density at radius 2 is 2.46 bits per heavy atom. The molecule has 0 spiro atoms. The predicted octanol–water partition coefficient (Wildman–Crippen LogP) is 2.99. The highest BCUT2D eigenvalue weighted by atomic mass is 32.2. The Bertz CT molecular complexity index is 310. The summed E-state index contributed by atoms with van der Waals surface area (Å²) in [6.45, 7) is 2.03. The van der Waals surface area contributed by atoms with Gasteiger partial charge in [0.25, 0.3) is 0 Å². The van der Waals surface area contributed by atoms with Crippen LogP contribution in [0.3, 0.4) is 0 Å². The minimum Gasteiger partial charge on any atom is -0.294 e. The summed E-state index contributed by atoms with van der Waals surface area (Å²) >= 11 is 3.56. The van der Waals surface area contributed by atoms with E-state index in [9.17, 15) is 4.79 Å². The lowest BCUT2D eigenvalue weighted by molar-refractivity contribution is 0.0933. The smallest absolute Gasteiger partial charge is 0.167 e. The Labute approximate surface area is 86.5 Å². The number of aryl methyl sites for hydroxylation is 1. The van der Waals surface area contributed by atoms with Gasteiger partial charge in [-0.1, -0.05) is 0 Å². The van der Waals surface area contributed by atoms with Crippen LogP contribution < -0.4 is 0 Å². The van der Waals surface area contributed by atoms with Crippen LogP contribution in [-0.4, -0.2) is 17.3 Å². The van der Waals surface area contributed by atoms with Gasteiger partial charge in [0.2, 0.25) is 0 Å². The van der Waals surface area contributed by atoms with E-state index in [-0.39, 0.29) is 0 Å². The van der Waals surface area contributed by atoms with Gasteiger partial charge in [-0.05, 0) is 30.5 Å². The van der Waals surface area contributed by atoms with Crippen molar-refractivity contribution in [2.45, 2.75) is 13.3 Å². The van der Waals surface area contributed by atoms with E-state index in [4.69, 9.17) is 0 Å². The van der Waals surface area contributed by atoms with Crippen LogP contribution in [0.4, 0.5) is 0 Å². The topological polar surface area (TPSA) is 17.1 Å². The molecule has 0 aliphatic carbocycles. The van der Waals surface area contributed by atoms with E-state index >= 15 is 0 Å². The highest BCUT2D eigenvalue weighted by molar-refractivity contribution is 7.99. The standard InChI is InChI=1S/C10H12OS2/c1-7-9(3-5-13-7)10(11)8-2-4-12-6-8/h3,5,8H,2,4,6H2,1H3. The third kappa shape index (κ3) is 1.81. The van der Waals surface area contributed by atoms with Gasteiger partial charge in [0.1, 0.15) is 0 Å². The van der Waals surface area contributed by atoms with Crippen molar-refractivity contribution in [3.05, 3.63) is 21.9 Å². The number of rotatable bonds is 2. The molecule has 0 amide bonds. The number of ketones is 1. The van der Waals surface area contributed by atoms with E-state index in [1.165, 1.54) is 4.88 Å². The molecule has 1 fully saturated rings. The molecule has 0 saturated carbocycles. The monoisotopic (exact) mass is 212 g/mol. The summed E-state index contributed by atoms with van der Waals surface area (Å²) in [6.07, 6.45) is 1.07. The molecule has 1 nitrogen and oxygen atoms in total. The Morgan fingerprint density at radius 3 is 3.00 bits per heavy atom. The van der Waals surface area contributed by atoms with E-state index in [1.807, 2.05) is 30.1 Å². The van der Waals surface area contributed by atoms with Gasteiger partial charge in [-0.2, -0.15) is 11.8 Å². The number of Topliss-reactive ketones (excluding diaryl/α,β-unsaturated/α-hetero) is 1. The van der Waals surface area contributed by atoms with E-state index in [1.54, 1.807) is 11.3 Å². The first-order chi connectivity index (χ1) is 6.29. The summed E-state index contributed by atoms with van der Waals surface area (Å²) in [7, 11) is 0. The highest BCUT2D eigenvalue weighted by Crippen LogP contribution is 2.28. The van der Waals surface area contributed by atoms with Gasteiger partial charge in [0, 0.05) is 22.1 Å². The maximum atomic E-state index is 11.9. The largest absolute Gasteiger partial charge is 0.294 e. The quantitative estimate of drug-likeness (QED) is 0.701. The minimum absolute atomic E-state index is 0.290. The second kappa shape index (κ2) is 3.84. The lowest BCUT2D eigenvalue weighted by atomic mass is 9.98. The fourth-order valence-corrected chi connectivity index (χ4v) is 3.53. The third-order valence-corrected chi connectivity index (χ3v) is 4.43. The van der Waals surface area contributed by atoms with E-state index in [0.717, 1.165) is 23.5 Å². The first-order valence-corrected chi connectivity index (χ1v) is 6.48. The molecule has 2 rings (SSSR count). The van der Waals surface area contributed by atoms with Gasteiger partial charge in [-0.3, -0.25) is 4.79 Å². The van der Waals surface area contributed by atoms with Crippen molar-refractivity contribution >= 4 is 28.9 Å². The average molecular weight is 212 g/mol. The molecule has 0 aromatic carbocycles. The van der Waals surface area contributed by atoms with Gasteiger partial charge < -0.3 is 0 Å². The summed E-state index contributed by atoms with van der Waals surface area (Å²) in [5.41, 5.74) is 0.956. The summed E-state index contributed by atoms with van der Waals surface area (Å²) in [5, 5.41) is 2.00. The van der Waals surface area contributed by atoms with Crippen molar-refractivity contribution in [2.75, 3.05) is 11.5 Å². The average Bonchev–Trinajstić information content (AvgIpc) is 2.72. The third-order valence-electron chi connectivity index (χ3n) is 2.42. The number of carbonyl (C=O) groups excluding carboxylic acids is 1. The van der Waals surface area contributed by atoms with Gasteiger partial charge in [0.05, 0.1) is 0 Å². The van der Waals surface area contributed by atoms with Crippen LogP contribution in [0.5, 0.6) is 0 Å². The molecule has 0 N–H and O–H groups in total. The number of hydrogen-bond acceptors (Lipinski definition) is 3. The van der Waals surface area contributed by atoms with Crippen LogP contribution in [-0.2, 0) is 0 Å². The number of thiophene rings is 1. The molecular formula is C10H12OS2. The van der Waals surface area contributed by atoms with Crippen molar-refractivity contribution in [3.8, 4) is 0 Å². The van der Waals surface area contributed by atoms with Crippen molar-refractivity contribution in [1.29, 1.82) is 0 Å². The summed E-state index contributed by atoms with van der Waals surface area (Å²) in [6, 6.07) is 1.96. The first-order valence-electron chi connectivity index (χ1n) is 4.45. The van der Waals surface area contributed by atoms with E-state index < -0.39 is 0 Å². The lowest BCUT2D eigenvalue weighted by Gasteiger charge is -2.05. The Hall–Kier alpha value is -0.280. The number of hydrogen-bond donors (Lipinski definition) is 0.